The molecule has 0 bridgehead atoms. The number of aryl methyl sites for hydroxylation is 1. The van der Waals surface area contributed by atoms with Gasteiger partial charge in [0, 0.05) is 24.5 Å². The van der Waals surface area contributed by atoms with Gasteiger partial charge < -0.3 is 20.7 Å². The summed E-state index contributed by atoms with van der Waals surface area (Å²) in [6, 6.07) is 13.0. The van der Waals surface area contributed by atoms with Gasteiger partial charge in [-0.2, -0.15) is 5.10 Å². The number of nitrogens with zero attached hydrogens (tertiary/aromatic N) is 5. The Hall–Kier alpha value is -4.80. The standard InChI is InChI=1S/C24H25N9O2/c1-14-5-9-21(32-31-14)29-16-6-8-19-18(12-16)27-13-33(19)22-10-7-17(24(34)26-3)23(30-22)28-15(2)11-20(25)35-4/h5-13,25H,1-4H3,(H,26,34)(H,28,30)(H,29,32)/b15-11-,25-20?. The van der Waals surface area contributed by atoms with E-state index >= 15 is 0 Å². The summed E-state index contributed by atoms with van der Waals surface area (Å²) >= 11 is 0. The van der Waals surface area contributed by atoms with E-state index in [0.29, 0.717) is 28.7 Å². The Balaban J connectivity index is 1.68. The predicted octanol–water partition coefficient (Wildman–Crippen LogP) is 3.56. The molecule has 0 fully saturated rings. The number of nitrogens with one attached hydrogen (secondary N) is 4. The van der Waals surface area contributed by atoms with E-state index in [1.54, 1.807) is 32.4 Å². The maximum absolute atomic E-state index is 12.4. The second-order valence-corrected chi connectivity index (χ2v) is 7.67. The first-order chi connectivity index (χ1) is 16.9. The van der Waals surface area contributed by atoms with E-state index in [2.05, 4.69) is 36.1 Å². The molecule has 0 saturated heterocycles. The number of carbonyl (C=O) groups is 1. The van der Waals surface area contributed by atoms with Crippen LogP contribution in [0.5, 0.6) is 0 Å². The molecule has 0 aliphatic heterocycles. The SMILES string of the molecule is CNC(=O)c1ccc(-n2cnc3cc(Nc4ccc(C)nn4)ccc32)nc1N/C(C)=C\C(=N)OC. The summed E-state index contributed by atoms with van der Waals surface area (Å²) in [5.41, 5.74) is 4.22. The van der Waals surface area contributed by atoms with Crippen molar-refractivity contribution in [2.45, 2.75) is 13.8 Å². The molecule has 4 rings (SSSR count). The Morgan fingerprint density at radius 1 is 1.14 bits per heavy atom. The van der Waals surface area contributed by atoms with Crippen molar-refractivity contribution in [2.24, 2.45) is 0 Å². The zero-order valence-corrected chi connectivity index (χ0v) is 19.7. The highest BCUT2D eigenvalue weighted by Gasteiger charge is 2.15. The summed E-state index contributed by atoms with van der Waals surface area (Å²) in [4.78, 5) is 21.6. The fourth-order valence-corrected chi connectivity index (χ4v) is 3.36. The molecule has 11 heteroatoms. The first kappa shape index (κ1) is 23.4. The summed E-state index contributed by atoms with van der Waals surface area (Å²) in [6.07, 6.45) is 3.18. The van der Waals surface area contributed by atoms with Gasteiger partial charge in [0.25, 0.3) is 5.91 Å². The summed E-state index contributed by atoms with van der Waals surface area (Å²) in [5, 5.41) is 24.8. The number of methoxy groups -OCH3 is 1. The molecule has 1 amide bonds. The van der Waals surface area contributed by atoms with E-state index in [9.17, 15) is 4.79 Å². The number of imidazole rings is 1. The maximum Gasteiger partial charge on any atom is 0.254 e. The monoisotopic (exact) mass is 471 g/mol. The summed E-state index contributed by atoms with van der Waals surface area (Å²) in [7, 11) is 2.97. The van der Waals surface area contributed by atoms with E-state index in [-0.39, 0.29) is 11.8 Å². The lowest BCUT2D eigenvalue weighted by molar-refractivity contribution is 0.0963. The number of anilines is 3. The van der Waals surface area contributed by atoms with Crippen LogP contribution in [0.3, 0.4) is 0 Å². The largest absolute Gasteiger partial charge is 0.481 e. The van der Waals surface area contributed by atoms with Crippen LogP contribution in [0.4, 0.5) is 17.3 Å². The average Bonchev–Trinajstić information content (AvgIpc) is 3.28. The number of rotatable bonds is 7. The zero-order valence-electron chi connectivity index (χ0n) is 19.7. The number of amides is 1. The molecule has 4 N–H and O–H groups in total. The topological polar surface area (TPSA) is 143 Å². The zero-order chi connectivity index (χ0) is 24.9. The van der Waals surface area contributed by atoms with Crippen molar-refractivity contribution in [1.29, 1.82) is 5.41 Å². The lowest BCUT2D eigenvalue weighted by atomic mass is 10.2. The van der Waals surface area contributed by atoms with E-state index < -0.39 is 0 Å². The van der Waals surface area contributed by atoms with Gasteiger partial charge in [0.2, 0.25) is 5.90 Å². The fraction of sp³-hybridized carbons (Fsp3) is 0.167. The average molecular weight is 472 g/mol. The van der Waals surface area contributed by atoms with Crippen LogP contribution in [-0.2, 0) is 4.74 Å². The van der Waals surface area contributed by atoms with Gasteiger partial charge in [-0.1, -0.05) is 0 Å². The van der Waals surface area contributed by atoms with Crippen molar-refractivity contribution < 1.29 is 9.53 Å². The molecular formula is C24H25N9O2. The van der Waals surface area contributed by atoms with Crippen molar-refractivity contribution in [3.63, 3.8) is 0 Å². The molecule has 0 radical (unpaired) electrons. The Morgan fingerprint density at radius 3 is 2.69 bits per heavy atom. The van der Waals surface area contributed by atoms with Crippen LogP contribution in [0.1, 0.15) is 23.0 Å². The number of carbonyl (C=O) groups excluding carboxylic acids is 1. The smallest absolute Gasteiger partial charge is 0.254 e. The normalized spacial score (nSPS) is 11.3. The molecule has 1 aromatic carbocycles. The predicted molar refractivity (Wildman–Crippen MR) is 134 cm³/mol. The van der Waals surface area contributed by atoms with Crippen molar-refractivity contribution in [3.8, 4) is 5.82 Å². The van der Waals surface area contributed by atoms with Gasteiger partial charge in [0.1, 0.15) is 18.0 Å². The van der Waals surface area contributed by atoms with Gasteiger partial charge >= 0.3 is 0 Å². The van der Waals surface area contributed by atoms with Crippen LogP contribution < -0.4 is 16.0 Å². The lowest BCUT2D eigenvalue weighted by Crippen LogP contribution is -2.20. The van der Waals surface area contributed by atoms with E-state index in [0.717, 1.165) is 22.4 Å². The molecule has 11 nitrogen and oxygen atoms in total. The first-order valence-corrected chi connectivity index (χ1v) is 10.7. The summed E-state index contributed by atoms with van der Waals surface area (Å²) in [5.74, 6) is 1.25. The van der Waals surface area contributed by atoms with Gasteiger partial charge in [-0.25, -0.2) is 9.97 Å². The quantitative estimate of drug-likeness (QED) is 0.237. The van der Waals surface area contributed by atoms with E-state index in [4.69, 9.17) is 10.1 Å². The Labute approximate surface area is 201 Å². The minimum Gasteiger partial charge on any atom is -0.481 e. The molecule has 35 heavy (non-hydrogen) atoms. The van der Waals surface area contributed by atoms with Gasteiger partial charge in [0.05, 0.1) is 29.4 Å². The van der Waals surface area contributed by atoms with E-state index in [1.807, 2.05) is 41.8 Å². The van der Waals surface area contributed by atoms with Crippen molar-refractivity contribution >= 4 is 40.2 Å². The Bertz CT molecular complexity index is 1420. The summed E-state index contributed by atoms with van der Waals surface area (Å²) in [6.45, 7) is 3.64. The molecule has 178 valence electrons. The number of pyridine rings is 1. The van der Waals surface area contributed by atoms with Crippen LogP contribution in [0, 0.1) is 12.3 Å². The molecule has 0 unspecified atom stereocenters. The van der Waals surface area contributed by atoms with Crippen molar-refractivity contribution in [2.75, 3.05) is 24.8 Å². The fourth-order valence-electron chi connectivity index (χ4n) is 3.36. The molecule has 3 heterocycles. The molecule has 0 spiro atoms. The molecule has 0 saturated carbocycles. The van der Waals surface area contributed by atoms with Crippen molar-refractivity contribution in [1.82, 2.24) is 30.0 Å². The highest BCUT2D eigenvalue weighted by Crippen LogP contribution is 2.24. The third-order valence-corrected chi connectivity index (χ3v) is 5.10. The third kappa shape index (κ3) is 5.24. The highest BCUT2D eigenvalue weighted by molar-refractivity contribution is 5.99. The number of benzene rings is 1. The Kier molecular flexibility index (Phi) is 6.67. The second kappa shape index (κ2) is 10.00. The minimum absolute atomic E-state index is 0.0192. The van der Waals surface area contributed by atoms with Crippen LogP contribution in [0.15, 0.2) is 60.6 Å². The van der Waals surface area contributed by atoms with Crippen LogP contribution >= 0.6 is 0 Å². The number of aromatic nitrogens is 5. The second-order valence-electron chi connectivity index (χ2n) is 7.67. The van der Waals surface area contributed by atoms with Crippen LogP contribution in [-0.4, -0.2) is 50.7 Å². The Morgan fingerprint density at radius 2 is 1.97 bits per heavy atom. The van der Waals surface area contributed by atoms with Gasteiger partial charge in [0.15, 0.2) is 5.82 Å². The number of fused-ring (bicyclic) bond motifs is 1. The number of ether oxygens (including phenoxy) is 1. The molecule has 0 aliphatic carbocycles. The molecular weight excluding hydrogens is 446 g/mol. The highest BCUT2D eigenvalue weighted by atomic mass is 16.5. The van der Waals surface area contributed by atoms with Gasteiger partial charge in [-0.05, 0) is 56.3 Å². The van der Waals surface area contributed by atoms with Crippen LogP contribution in [0.2, 0.25) is 0 Å². The first-order valence-electron chi connectivity index (χ1n) is 10.7. The molecule has 3 aromatic heterocycles. The minimum atomic E-state index is -0.286. The number of allylic oxidation sites excluding steroid dienone is 1. The number of hydrogen-bond donors (Lipinski definition) is 4. The van der Waals surface area contributed by atoms with E-state index in [1.165, 1.54) is 13.2 Å². The lowest BCUT2D eigenvalue weighted by Gasteiger charge is -2.13. The third-order valence-electron chi connectivity index (χ3n) is 5.10. The van der Waals surface area contributed by atoms with Crippen LogP contribution in [0.25, 0.3) is 16.9 Å². The molecule has 0 aliphatic rings. The molecule has 0 atom stereocenters. The molecule has 4 aromatic rings. The van der Waals surface area contributed by atoms with Gasteiger partial charge in [-0.15, -0.1) is 5.10 Å². The van der Waals surface area contributed by atoms with Crippen molar-refractivity contribution in [3.05, 3.63) is 71.8 Å². The summed E-state index contributed by atoms with van der Waals surface area (Å²) < 4.78 is 6.72. The van der Waals surface area contributed by atoms with Gasteiger partial charge in [-0.3, -0.25) is 14.8 Å². The number of hydrogen-bond acceptors (Lipinski definition) is 9. The maximum atomic E-state index is 12.4.